The summed E-state index contributed by atoms with van der Waals surface area (Å²) in [6.07, 6.45) is 0. The van der Waals surface area contributed by atoms with E-state index in [1.807, 2.05) is 32.9 Å². The molecule has 1 amide bonds. The molecule has 0 aliphatic carbocycles. The summed E-state index contributed by atoms with van der Waals surface area (Å²) in [5.74, 6) is -0.0387. The first-order valence-corrected chi connectivity index (χ1v) is 6.14. The number of ether oxygens (including phenoxy) is 1. The third-order valence-electron chi connectivity index (χ3n) is 2.98. The summed E-state index contributed by atoms with van der Waals surface area (Å²) in [5, 5.41) is 0. The van der Waals surface area contributed by atoms with Crippen molar-refractivity contribution in [3.8, 4) is 0 Å². The average Bonchev–Trinajstić information content (AvgIpc) is 2.32. The van der Waals surface area contributed by atoms with Crippen molar-refractivity contribution in [2.45, 2.75) is 26.8 Å². The number of carbonyl (C=O) groups excluding carboxylic acids is 1. The van der Waals surface area contributed by atoms with Gasteiger partial charge in [-0.15, -0.1) is 0 Å². The number of amides is 1. The fourth-order valence-corrected chi connectivity index (χ4v) is 1.81. The SMILES string of the molecule is COCCN(C(=O)c1cccc(C)c1N)C(C)C. The molecule has 0 spiro atoms. The van der Waals surface area contributed by atoms with Gasteiger partial charge in [-0.05, 0) is 32.4 Å². The second kappa shape index (κ2) is 6.40. The summed E-state index contributed by atoms with van der Waals surface area (Å²) in [5.41, 5.74) is 8.03. The molecule has 0 unspecified atom stereocenters. The Morgan fingerprint density at radius 1 is 1.44 bits per heavy atom. The van der Waals surface area contributed by atoms with Crippen LogP contribution in [0.25, 0.3) is 0 Å². The van der Waals surface area contributed by atoms with Crippen LogP contribution < -0.4 is 5.73 Å². The first-order chi connectivity index (χ1) is 8.49. The number of anilines is 1. The summed E-state index contributed by atoms with van der Waals surface area (Å²) in [7, 11) is 1.63. The second-order valence-electron chi connectivity index (χ2n) is 4.62. The van der Waals surface area contributed by atoms with Gasteiger partial charge in [-0.25, -0.2) is 0 Å². The zero-order valence-corrected chi connectivity index (χ0v) is 11.6. The molecule has 100 valence electrons. The molecule has 2 N–H and O–H groups in total. The van der Waals surface area contributed by atoms with E-state index in [-0.39, 0.29) is 11.9 Å². The predicted molar refractivity (Wildman–Crippen MR) is 73.6 cm³/mol. The highest BCUT2D eigenvalue weighted by molar-refractivity contribution is 5.99. The van der Waals surface area contributed by atoms with E-state index >= 15 is 0 Å². The zero-order chi connectivity index (χ0) is 13.7. The van der Waals surface area contributed by atoms with E-state index in [1.165, 1.54) is 0 Å². The summed E-state index contributed by atoms with van der Waals surface area (Å²) in [4.78, 5) is 14.2. The zero-order valence-electron chi connectivity index (χ0n) is 11.6. The van der Waals surface area contributed by atoms with Crippen LogP contribution in [-0.4, -0.2) is 37.1 Å². The lowest BCUT2D eigenvalue weighted by Gasteiger charge is -2.27. The molecule has 0 radical (unpaired) electrons. The monoisotopic (exact) mass is 250 g/mol. The van der Waals surface area contributed by atoms with Gasteiger partial charge >= 0.3 is 0 Å². The minimum atomic E-state index is -0.0387. The van der Waals surface area contributed by atoms with Crippen molar-refractivity contribution in [2.24, 2.45) is 0 Å². The maximum atomic E-state index is 12.5. The van der Waals surface area contributed by atoms with Gasteiger partial charge in [-0.2, -0.15) is 0 Å². The van der Waals surface area contributed by atoms with Gasteiger partial charge in [0.2, 0.25) is 0 Å². The Morgan fingerprint density at radius 3 is 2.67 bits per heavy atom. The number of rotatable bonds is 5. The van der Waals surface area contributed by atoms with E-state index in [9.17, 15) is 4.79 Å². The van der Waals surface area contributed by atoms with Crippen molar-refractivity contribution in [2.75, 3.05) is 26.0 Å². The van der Waals surface area contributed by atoms with Crippen molar-refractivity contribution in [1.82, 2.24) is 4.90 Å². The van der Waals surface area contributed by atoms with Crippen LogP contribution in [0.1, 0.15) is 29.8 Å². The molecule has 0 atom stereocenters. The molecule has 0 heterocycles. The van der Waals surface area contributed by atoms with Gasteiger partial charge in [-0.1, -0.05) is 12.1 Å². The average molecular weight is 250 g/mol. The van der Waals surface area contributed by atoms with E-state index < -0.39 is 0 Å². The van der Waals surface area contributed by atoms with Crippen molar-refractivity contribution in [3.05, 3.63) is 29.3 Å². The molecular weight excluding hydrogens is 228 g/mol. The first-order valence-electron chi connectivity index (χ1n) is 6.14. The number of hydrogen-bond donors (Lipinski definition) is 1. The maximum Gasteiger partial charge on any atom is 0.256 e. The Labute approximate surface area is 109 Å². The molecule has 0 aliphatic rings. The number of nitrogen functional groups attached to an aromatic ring is 1. The van der Waals surface area contributed by atoms with E-state index in [1.54, 1.807) is 18.1 Å². The lowest BCUT2D eigenvalue weighted by molar-refractivity contribution is 0.0636. The number of para-hydroxylation sites is 1. The number of methoxy groups -OCH3 is 1. The molecule has 0 fully saturated rings. The van der Waals surface area contributed by atoms with Gasteiger partial charge < -0.3 is 15.4 Å². The van der Waals surface area contributed by atoms with Crippen LogP contribution in [0.3, 0.4) is 0 Å². The predicted octanol–water partition coefficient (Wildman–Crippen LogP) is 2.07. The second-order valence-corrected chi connectivity index (χ2v) is 4.62. The largest absolute Gasteiger partial charge is 0.398 e. The van der Waals surface area contributed by atoms with Gasteiger partial charge in [-0.3, -0.25) is 4.79 Å². The van der Waals surface area contributed by atoms with Crippen LogP contribution >= 0.6 is 0 Å². The number of benzene rings is 1. The van der Waals surface area contributed by atoms with Gasteiger partial charge in [0.05, 0.1) is 12.2 Å². The summed E-state index contributed by atoms with van der Waals surface area (Å²) < 4.78 is 5.04. The number of nitrogens with zero attached hydrogens (tertiary/aromatic N) is 1. The number of nitrogens with two attached hydrogens (primary N) is 1. The molecule has 1 rings (SSSR count). The molecule has 0 saturated heterocycles. The molecule has 0 aromatic heterocycles. The summed E-state index contributed by atoms with van der Waals surface area (Å²) in [6, 6.07) is 5.65. The summed E-state index contributed by atoms with van der Waals surface area (Å²) >= 11 is 0. The Bertz CT molecular complexity index is 416. The minimum Gasteiger partial charge on any atom is -0.398 e. The Hall–Kier alpha value is -1.55. The van der Waals surface area contributed by atoms with Crippen molar-refractivity contribution < 1.29 is 9.53 Å². The van der Waals surface area contributed by atoms with Crippen LogP contribution in [0.2, 0.25) is 0 Å². The third-order valence-corrected chi connectivity index (χ3v) is 2.98. The van der Waals surface area contributed by atoms with E-state index in [0.717, 1.165) is 5.56 Å². The highest BCUT2D eigenvalue weighted by Crippen LogP contribution is 2.19. The van der Waals surface area contributed by atoms with E-state index in [2.05, 4.69) is 0 Å². The van der Waals surface area contributed by atoms with Crippen molar-refractivity contribution >= 4 is 11.6 Å². The lowest BCUT2D eigenvalue weighted by Crippen LogP contribution is -2.39. The van der Waals surface area contributed by atoms with Crippen LogP contribution in [0, 0.1) is 6.92 Å². The molecule has 0 aliphatic heterocycles. The van der Waals surface area contributed by atoms with Crippen molar-refractivity contribution in [1.29, 1.82) is 0 Å². The van der Waals surface area contributed by atoms with E-state index in [4.69, 9.17) is 10.5 Å². The molecule has 1 aromatic carbocycles. The van der Waals surface area contributed by atoms with Crippen LogP contribution in [0.15, 0.2) is 18.2 Å². The molecule has 0 bridgehead atoms. The van der Waals surface area contributed by atoms with Crippen molar-refractivity contribution in [3.63, 3.8) is 0 Å². The van der Waals surface area contributed by atoms with Crippen LogP contribution in [-0.2, 0) is 4.74 Å². The Balaban J connectivity index is 2.98. The maximum absolute atomic E-state index is 12.5. The molecule has 4 nitrogen and oxygen atoms in total. The highest BCUT2D eigenvalue weighted by atomic mass is 16.5. The van der Waals surface area contributed by atoms with Gasteiger partial charge in [0, 0.05) is 25.4 Å². The van der Waals surface area contributed by atoms with Gasteiger partial charge in [0.25, 0.3) is 5.91 Å². The van der Waals surface area contributed by atoms with E-state index in [0.29, 0.717) is 24.4 Å². The topological polar surface area (TPSA) is 55.6 Å². The summed E-state index contributed by atoms with van der Waals surface area (Å²) in [6.45, 7) is 6.97. The fraction of sp³-hybridized carbons (Fsp3) is 0.500. The molecule has 0 saturated carbocycles. The molecule has 4 heteroatoms. The lowest BCUT2D eigenvalue weighted by atomic mass is 10.1. The normalized spacial score (nSPS) is 10.7. The Kier molecular flexibility index (Phi) is 5.16. The van der Waals surface area contributed by atoms with Crippen LogP contribution in [0.5, 0.6) is 0 Å². The smallest absolute Gasteiger partial charge is 0.256 e. The highest BCUT2D eigenvalue weighted by Gasteiger charge is 2.20. The van der Waals surface area contributed by atoms with Crippen LogP contribution in [0.4, 0.5) is 5.69 Å². The standard InChI is InChI=1S/C14H22N2O2/c1-10(2)16(8-9-18-4)14(17)12-7-5-6-11(3)13(12)15/h5-7,10H,8-9,15H2,1-4H3. The quantitative estimate of drug-likeness (QED) is 0.814. The molecule has 18 heavy (non-hydrogen) atoms. The van der Waals surface area contributed by atoms with Gasteiger partial charge in [0.1, 0.15) is 0 Å². The first kappa shape index (κ1) is 14.5. The number of carbonyl (C=O) groups is 1. The molecule has 1 aromatic rings. The Morgan fingerprint density at radius 2 is 2.11 bits per heavy atom. The number of aryl methyl sites for hydroxylation is 1. The fourth-order valence-electron chi connectivity index (χ4n) is 1.81. The minimum absolute atomic E-state index is 0.0387. The van der Waals surface area contributed by atoms with Gasteiger partial charge in [0.15, 0.2) is 0 Å². The third kappa shape index (κ3) is 3.23. The number of hydrogen-bond acceptors (Lipinski definition) is 3. The molecular formula is C14H22N2O2.